The van der Waals surface area contributed by atoms with Crippen LogP contribution in [0.1, 0.15) is 5.56 Å². The van der Waals surface area contributed by atoms with Crippen molar-refractivity contribution in [3.8, 4) is 0 Å². The van der Waals surface area contributed by atoms with E-state index >= 15 is 0 Å². The lowest BCUT2D eigenvalue weighted by molar-refractivity contribution is -0.118. The third-order valence-electron chi connectivity index (χ3n) is 4.35. The Bertz CT molecular complexity index is 1130. The number of halogens is 1. The molecule has 6 nitrogen and oxygen atoms in total. The van der Waals surface area contributed by atoms with E-state index in [9.17, 15) is 17.6 Å². The van der Waals surface area contributed by atoms with E-state index in [4.69, 9.17) is 0 Å². The molecule has 0 aliphatic heterocycles. The van der Waals surface area contributed by atoms with Gasteiger partial charge in [-0.2, -0.15) is 0 Å². The number of aromatic nitrogens is 1. The van der Waals surface area contributed by atoms with Crippen molar-refractivity contribution in [2.24, 2.45) is 0 Å². The quantitative estimate of drug-likeness (QED) is 0.571. The number of fused-ring (bicyclic) bond motifs is 1. The Morgan fingerprint density at radius 3 is 2.41 bits per heavy atom. The minimum absolute atomic E-state index is 0.123. The first-order valence-corrected chi connectivity index (χ1v) is 11.6. The van der Waals surface area contributed by atoms with E-state index in [2.05, 4.69) is 4.98 Å². The van der Waals surface area contributed by atoms with Crippen molar-refractivity contribution in [2.45, 2.75) is 11.3 Å². The fraction of sp³-hybridized carbons (Fsp3) is 0.300. The molecule has 0 aliphatic carbocycles. The molecule has 3 aromatic rings. The number of benzene rings is 2. The molecule has 0 bridgehead atoms. The van der Waals surface area contributed by atoms with Gasteiger partial charge in [0.2, 0.25) is 5.91 Å². The summed E-state index contributed by atoms with van der Waals surface area (Å²) >= 11 is 1.28. The summed E-state index contributed by atoms with van der Waals surface area (Å²) in [5.74, 6) is -0.501. The van der Waals surface area contributed by atoms with Crippen LogP contribution in [0, 0.1) is 5.82 Å². The SMILES string of the molecule is CN(C)CCN(C(=O)Cc1ccc(F)cc1)c1nc2ccc(S(C)(=O)=O)cc2s1. The van der Waals surface area contributed by atoms with Gasteiger partial charge in [0.1, 0.15) is 5.82 Å². The van der Waals surface area contributed by atoms with Crippen LogP contribution in [-0.2, 0) is 21.1 Å². The van der Waals surface area contributed by atoms with E-state index in [0.29, 0.717) is 34.0 Å². The van der Waals surface area contributed by atoms with Gasteiger partial charge in [0, 0.05) is 19.3 Å². The van der Waals surface area contributed by atoms with Gasteiger partial charge in [0.15, 0.2) is 15.0 Å². The third-order valence-corrected chi connectivity index (χ3v) is 6.50. The summed E-state index contributed by atoms with van der Waals surface area (Å²) in [6.07, 6.45) is 1.28. The number of rotatable bonds is 7. The average Bonchev–Trinajstić information content (AvgIpc) is 3.05. The normalized spacial score (nSPS) is 11.9. The minimum Gasteiger partial charge on any atom is -0.308 e. The summed E-state index contributed by atoms with van der Waals surface area (Å²) in [7, 11) is 0.506. The standard InChI is InChI=1S/C20H22FN3O3S2/c1-23(2)10-11-24(19(25)12-14-4-6-15(21)7-5-14)20-22-17-9-8-16(29(3,26)27)13-18(17)28-20/h4-9,13H,10-12H2,1-3H3. The zero-order chi connectivity index (χ0) is 21.2. The number of likely N-dealkylation sites (N-methyl/N-ethyl adjacent to an activating group) is 1. The molecule has 0 fully saturated rings. The van der Waals surface area contributed by atoms with Crippen molar-refractivity contribution in [3.63, 3.8) is 0 Å². The van der Waals surface area contributed by atoms with Crippen molar-refractivity contribution >= 4 is 42.4 Å². The molecule has 0 radical (unpaired) electrons. The summed E-state index contributed by atoms with van der Waals surface area (Å²) in [4.78, 5) is 21.3. The van der Waals surface area contributed by atoms with Gasteiger partial charge in [-0.25, -0.2) is 17.8 Å². The van der Waals surface area contributed by atoms with E-state index in [1.807, 2.05) is 19.0 Å². The van der Waals surface area contributed by atoms with Crippen molar-refractivity contribution < 1.29 is 17.6 Å². The van der Waals surface area contributed by atoms with Crippen LogP contribution < -0.4 is 4.90 Å². The Hall–Kier alpha value is -2.36. The van der Waals surface area contributed by atoms with Crippen LogP contribution >= 0.6 is 11.3 Å². The molecular formula is C20H22FN3O3S2. The van der Waals surface area contributed by atoms with Gasteiger partial charge in [0.05, 0.1) is 21.5 Å². The predicted octanol–water partition coefficient (Wildman–Crippen LogP) is 2.98. The molecule has 0 atom stereocenters. The van der Waals surface area contributed by atoms with Gasteiger partial charge in [-0.15, -0.1) is 0 Å². The highest BCUT2D eigenvalue weighted by Crippen LogP contribution is 2.31. The lowest BCUT2D eigenvalue weighted by Gasteiger charge is -2.22. The summed E-state index contributed by atoms with van der Waals surface area (Å²) in [5, 5.41) is 0.514. The highest BCUT2D eigenvalue weighted by Gasteiger charge is 2.21. The number of hydrogen-bond donors (Lipinski definition) is 0. The molecule has 0 unspecified atom stereocenters. The van der Waals surface area contributed by atoms with Gasteiger partial charge >= 0.3 is 0 Å². The van der Waals surface area contributed by atoms with Crippen molar-refractivity contribution in [2.75, 3.05) is 38.3 Å². The number of sulfone groups is 1. The maximum absolute atomic E-state index is 13.1. The monoisotopic (exact) mass is 435 g/mol. The Labute approximate surface area is 173 Å². The minimum atomic E-state index is -3.33. The van der Waals surface area contributed by atoms with Gasteiger partial charge in [-0.05, 0) is 50.0 Å². The molecule has 1 amide bonds. The molecule has 9 heteroatoms. The first kappa shape index (κ1) is 21.4. The second-order valence-electron chi connectivity index (χ2n) is 7.05. The number of nitrogens with zero attached hydrogens (tertiary/aromatic N) is 3. The maximum atomic E-state index is 13.1. The molecule has 154 valence electrons. The second kappa shape index (κ2) is 8.56. The fourth-order valence-corrected chi connectivity index (χ4v) is 4.51. The van der Waals surface area contributed by atoms with Gasteiger partial charge in [0.25, 0.3) is 0 Å². The Kier molecular flexibility index (Phi) is 6.30. The Morgan fingerprint density at radius 2 is 1.79 bits per heavy atom. The zero-order valence-corrected chi connectivity index (χ0v) is 18.1. The highest BCUT2D eigenvalue weighted by atomic mass is 32.2. The van der Waals surface area contributed by atoms with E-state index in [0.717, 1.165) is 6.26 Å². The fourth-order valence-electron chi connectivity index (χ4n) is 2.74. The lowest BCUT2D eigenvalue weighted by Crippen LogP contribution is -2.37. The first-order chi connectivity index (χ1) is 13.6. The number of hydrogen-bond acceptors (Lipinski definition) is 6. The van der Waals surface area contributed by atoms with E-state index < -0.39 is 9.84 Å². The number of carbonyl (C=O) groups excluding carboxylic acids is 1. The van der Waals surface area contributed by atoms with Crippen LogP contribution in [0.5, 0.6) is 0 Å². The van der Waals surface area contributed by atoms with E-state index in [1.165, 1.54) is 29.5 Å². The van der Waals surface area contributed by atoms with E-state index in [-0.39, 0.29) is 23.0 Å². The van der Waals surface area contributed by atoms with Gasteiger partial charge in [-0.3, -0.25) is 9.69 Å². The van der Waals surface area contributed by atoms with Crippen LogP contribution in [0.2, 0.25) is 0 Å². The van der Waals surface area contributed by atoms with E-state index in [1.54, 1.807) is 29.2 Å². The summed E-state index contributed by atoms with van der Waals surface area (Å²) in [6, 6.07) is 10.6. The molecule has 0 spiro atoms. The summed E-state index contributed by atoms with van der Waals surface area (Å²) < 4.78 is 37.5. The molecule has 29 heavy (non-hydrogen) atoms. The molecule has 1 heterocycles. The topological polar surface area (TPSA) is 70.6 Å². The third kappa shape index (κ3) is 5.37. The number of anilines is 1. The first-order valence-electron chi connectivity index (χ1n) is 8.93. The summed E-state index contributed by atoms with van der Waals surface area (Å²) in [6.45, 7) is 1.07. The zero-order valence-electron chi connectivity index (χ0n) is 16.4. The second-order valence-corrected chi connectivity index (χ2v) is 10.1. The number of carbonyl (C=O) groups is 1. The molecule has 3 rings (SSSR count). The molecule has 2 aromatic carbocycles. The molecule has 0 saturated heterocycles. The van der Waals surface area contributed by atoms with Crippen LogP contribution in [0.4, 0.5) is 9.52 Å². The maximum Gasteiger partial charge on any atom is 0.233 e. The molecule has 0 N–H and O–H groups in total. The van der Waals surface area contributed by atoms with Crippen molar-refractivity contribution in [1.82, 2.24) is 9.88 Å². The van der Waals surface area contributed by atoms with Crippen LogP contribution in [0.15, 0.2) is 47.4 Å². The largest absolute Gasteiger partial charge is 0.308 e. The lowest BCUT2D eigenvalue weighted by atomic mass is 10.1. The van der Waals surface area contributed by atoms with Crippen LogP contribution in [-0.4, -0.2) is 57.6 Å². The Balaban J connectivity index is 1.92. The van der Waals surface area contributed by atoms with Crippen molar-refractivity contribution in [3.05, 3.63) is 53.8 Å². The van der Waals surface area contributed by atoms with Crippen LogP contribution in [0.25, 0.3) is 10.2 Å². The predicted molar refractivity (Wildman–Crippen MR) is 114 cm³/mol. The smallest absolute Gasteiger partial charge is 0.233 e. The number of thiazole rings is 1. The van der Waals surface area contributed by atoms with Gasteiger partial charge < -0.3 is 4.90 Å². The molecular weight excluding hydrogens is 413 g/mol. The van der Waals surface area contributed by atoms with Gasteiger partial charge in [-0.1, -0.05) is 23.5 Å². The summed E-state index contributed by atoms with van der Waals surface area (Å²) in [5.41, 5.74) is 1.36. The Morgan fingerprint density at radius 1 is 1.10 bits per heavy atom. The highest BCUT2D eigenvalue weighted by molar-refractivity contribution is 7.90. The number of amides is 1. The van der Waals surface area contributed by atoms with Crippen molar-refractivity contribution in [1.29, 1.82) is 0 Å². The van der Waals surface area contributed by atoms with Crippen LogP contribution in [0.3, 0.4) is 0 Å². The molecule has 0 saturated carbocycles. The average molecular weight is 436 g/mol. The molecule has 0 aliphatic rings. The molecule has 1 aromatic heterocycles.